The van der Waals surface area contributed by atoms with Crippen molar-refractivity contribution in [3.8, 4) is 6.07 Å². The Balaban J connectivity index is 2.32. The Labute approximate surface area is 107 Å². The number of halogens is 3. The highest BCUT2D eigenvalue weighted by Gasteiger charge is 2.33. The molecule has 2 rings (SSSR count). The molecule has 19 heavy (non-hydrogen) atoms. The minimum atomic E-state index is -4.53. The third-order valence-electron chi connectivity index (χ3n) is 2.44. The maximum Gasteiger partial charge on any atom is 0.417 e. The van der Waals surface area contributed by atoms with E-state index in [4.69, 9.17) is 5.26 Å². The molecule has 0 unspecified atom stereocenters. The van der Waals surface area contributed by atoms with Gasteiger partial charge in [-0.15, -0.1) is 0 Å². The van der Waals surface area contributed by atoms with E-state index in [2.05, 4.69) is 10.4 Å². The Morgan fingerprint density at radius 1 is 1.32 bits per heavy atom. The summed E-state index contributed by atoms with van der Waals surface area (Å²) in [6.07, 6.45) is -1.33. The zero-order valence-corrected chi connectivity index (χ0v) is 9.86. The van der Waals surface area contributed by atoms with Crippen LogP contribution in [0.5, 0.6) is 0 Å². The molecule has 0 radical (unpaired) electrons. The number of nitriles is 1. The summed E-state index contributed by atoms with van der Waals surface area (Å²) in [5.74, 6) is 0. The molecule has 7 heteroatoms. The lowest BCUT2D eigenvalue weighted by Gasteiger charge is -2.10. The Bertz CT molecular complexity index is 637. The van der Waals surface area contributed by atoms with Crippen LogP contribution < -0.4 is 5.32 Å². The number of anilines is 2. The summed E-state index contributed by atoms with van der Waals surface area (Å²) >= 11 is 0. The molecule has 98 valence electrons. The fourth-order valence-electron chi connectivity index (χ4n) is 1.61. The molecule has 0 fully saturated rings. The smallest absolute Gasteiger partial charge is 0.353 e. The zero-order chi connectivity index (χ0) is 14.0. The first-order valence-electron chi connectivity index (χ1n) is 5.27. The van der Waals surface area contributed by atoms with Crippen LogP contribution in [-0.2, 0) is 13.2 Å². The molecule has 1 N–H and O–H groups in total. The second-order valence-corrected chi connectivity index (χ2v) is 3.90. The summed E-state index contributed by atoms with van der Waals surface area (Å²) in [5.41, 5.74) is -0.322. The fraction of sp³-hybridized carbons (Fsp3) is 0.167. The molecule has 0 saturated heterocycles. The SMILES string of the molecule is Cn1cc(Nc2ccc(C(F)(F)F)c(C#N)c2)cn1. The van der Waals surface area contributed by atoms with Gasteiger partial charge in [-0.1, -0.05) is 0 Å². The molecule has 1 aromatic heterocycles. The van der Waals surface area contributed by atoms with Crippen molar-refractivity contribution in [2.24, 2.45) is 7.05 Å². The van der Waals surface area contributed by atoms with Gasteiger partial charge in [-0.05, 0) is 18.2 Å². The van der Waals surface area contributed by atoms with E-state index in [1.807, 2.05) is 0 Å². The molecule has 0 bridgehead atoms. The number of hydrogen-bond acceptors (Lipinski definition) is 3. The predicted octanol–water partition coefficient (Wildman–Crippen LogP) is 3.05. The summed E-state index contributed by atoms with van der Waals surface area (Å²) in [5, 5.41) is 15.6. The first-order chi connectivity index (χ1) is 8.90. The molecule has 0 aliphatic rings. The quantitative estimate of drug-likeness (QED) is 0.908. The summed E-state index contributed by atoms with van der Waals surface area (Å²) in [6.45, 7) is 0. The van der Waals surface area contributed by atoms with E-state index in [9.17, 15) is 13.2 Å². The summed E-state index contributed by atoms with van der Waals surface area (Å²) in [7, 11) is 1.72. The second kappa shape index (κ2) is 4.65. The molecular weight excluding hydrogens is 257 g/mol. The van der Waals surface area contributed by atoms with E-state index in [0.29, 0.717) is 11.4 Å². The van der Waals surface area contributed by atoms with Gasteiger partial charge in [0.1, 0.15) is 0 Å². The van der Waals surface area contributed by atoms with Crippen molar-refractivity contribution in [1.82, 2.24) is 9.78 Å². The molecule has 2 aromatic rings. The van der Waals surface area contributed by atoms with Crippen LogP contribution in [0, 0.1) is 11.3 Å². The predicted molar refractivity (Wildman–Crippen MR) is 62.6 cm³/mol. The van der Waals surface area contributed by atoms with E-state index in [1.54, 1.807) is 24.0 Å². The third kappa shape index (κ3) is 2.85. The van der Waals surface area contributed by atoms with Gasteiger partial charge in [-0.25, -0.2) is 0 Å². The van der Waals surface area contributed by atoms with Gasteiger partial charge in [0.05, 0.1) is 29.1 Å². The van der Waals surface area contributed by atoms with E-state index in [-0.39, 0.29) is 0 Å². The lowest BCUT2D eigenvalue weighted by molar-refractivity contribution is -0.137. The highest BCUT2D eigenvalue weighted by molar-refractivity contribution is 5.61. The number of hydrogen-bond donors (Lipinski definition) is 1. The van der Waals surface area contributed by atoms with E-state index >= 15 is 0 Å². The number of benzene rings is 1. The maximum atomic E-state index is 12.6. The van der Waals surface area contributed by atoms with Crippen LogP contribution in [0.4, 0.5) is 24.5 Å². The minimum absolute atomic E-state index is 0.401. The molecule has 4 nitrogen and oxygen atoms in total. The van der Waals surface area contributed by atoms with Crippen LogP contribution in [0.1, 0.15) is 11.1 Å². The maximum absolute atomic E-state index is 12.6. The van der Waals surface area contributed by atoms with Gasteiger partial charge < -0.3 is 5.32 Å². The Morgan fingerprint density at radius 2 is 2.05 bits per heavy atom. The normalized spacial score (nSPS) is 11.1. The van der Waals surface area contributed by atoms with Crippen LogP contribution in [0.15, 0.2) is 30.6 Å². The Morgan fingerprint density at radius 3 is 2.58 bits per heavy atom. The summed E-state index contributed by atoms with van der Waals surface area (Å²) in [4.78, 5) is 0. The largest absolute Gasteiger partial charge is 0.417 e. The standard InChI is InChI=1S/C12H9F3N4/c1-19-7-10(6-17-19)18-9-2-3-11(12(13,14)15)8(4-9)5-16/h2-4,6-7,18H,1H3. The van der Waals surface area contributed by atoms with Crippen molar-refractivity contribution >= 4 is 11.4 Å². The van der Waals surface area contributed by atoms with Crippen LogP contribution in [-0.4, -0.2) is 9.78 Å². The topological polar surface area (TPSA) is 53.6 Å². The van der Waals surface area contributed by atoms with Gasteiger partial charge in [-0.2, -0.15) is 23.5 Å². The first-order valence-corrected chi connectivity index (χ1v) is 5.27. The van der Waals surface area contributed by atoms with Crippen LogP contribution >= 0.6 is 0 Å². The third-order valence-corrected chi connectivity index (χ3v) is 2.44. The lowest BCUT2D eigenvalue weighted by Crippen LogP contribution is -2.08. The molecule has 0 spiro atoms. The van der Waals surface area contributed by atoms with Gasteiger partial charge in [0, 0.05) is 18.9 Å². The monoisotopic (exact) mass is 266 g/mol. The molecule has 0 saturated carbocycles. The lowest BCUT2D eigenvalue weighted by atomic mass is 10.1. The second-order valence-electron chi connectivity index (χ2n) is 3.90. The van der Waals surface area contributed by atoms with E-state index < -0.39 is 17.3 Å². The van der Waals surface area contributed by atoms with Crippen molar-refractivity contribution in [2.45, 2.75) is 6.18 Å². The molecule has 0 aliphatic carbocycles. The van der Waals surface area contributed by atoms with Crippen LogP contribution in [0.25, 0.3) is 0 Å². The average Bonchev–Trinajstić information content (AvgIpc) is 2.73. The molecular formula is C12H9F3N4. The number of aryl methyl sites for hydroxylation is 1. The van der Waals surface area contributed by atoms with Crippen LogP contribution in [0.3, 0.4) is 0 Å². The average molecular weight is 266 g/mol. The van der Waals surface area contributed by atoms with Crippen molar-refractivity contribution in [2.75, 3.05) is 5.32 Å². The molecule has 0 atom stereocenters. The van der Waals surface area contributed by atoms with Gasteiger partial charge in [-0.3, -0.25) is 4.68 Å². The number of alkyl halides is 3. The van der Waals surface area contributed by atoms with Crippen molar-refractivity contribution in [3.63, 3.8) is 0 Å². The summed E-state index contributed by atoms with van der Waals surface area (Å²) in [6, 6.07) is 4.88. The van der Waals surface area contributed by atoms with Crippen LogP contribution in [0.2, 0.25) is 0 Å². The van der Waals surface area contributed by atoms with Crippen molar-refractivity contribution in [1.29, 1.82) is 5.26 Å². The number of nitrogens with one attached hydrogen (secondary N) is 1. The van der Waals surface area contributed by atoms with Gasteiger partial charge in [0.25, 0.3) is 0 Å². The number of nitrogens with zero attached hydrogens (tertiary/aromatic N) is 3. The Hall–Kier alpha value is -2.49. The van der Waals surface area contributed by atoms with Crippen molar-refractivity contribution < 1.29 is 13.2 Å². The number of aromatic nitrogens is 2. The minimum Gasteiger partial charge on any atom is -0.353 e. The number of rotatable bonds is 2. The van der Waals surface area contributed by atoms with Gasteiger partial charge in [0.2, 0.25) is 0 Å². The Kier molecular flexibility index (Phi) is 3.17. The van der Waals surface area contributed by atoms with E-state index in [0.717, 1.165) is 12.1 Å². The first kappa shape index (κ1) is 13.0. The highest BCUT2D eigenvalue weighted by atomic mass is 19.4. The summed E-state index contributed by atoms with van der Waals surface area (Å²) < 4.78 is 39.4. The van der Waals surface area contributed by atoms with Gasteiger partial charge >= 0.3 is 6.18 Å². The van der Waals surface area contributed by atoms with Crippen molar-refractivity contribution in [3.05, 3.63) is 41.7 Å². The van der Waals surface area contributed by atoms with E-state index in [1.165, 1.54) is 12.3 Å². The molecule has 0 aliphatic heterocycles. The van der Waals surface area contributed by atoms with Gasteiger partial charge in [0.15, 0.2) is 0 Å². The molecule has 1 heterocycles. The molecule has 1 aromatic carbocycles. The molecule has 0 amide bonds. The highest BCUT2D eigenvalue weighted by Crippen LogP contribution is 2.33. The fourth-order valence-corrected chi connectivity index (χ4v) is 1.61. The zero-order valence-electron chi connectivity index (χ0n) is 9.86.